The fourth-order valence-electron chi connectivity index (χ4n) is 2.78. The van der Waals surface area contributed by atoms with Gasteiger partial charge in [-0.05, 0) is 48.9 Å². The maximum atomic E-state index is 12.8. The normalized spacial score (nSPS) is 14.8. The number of rotatable bonds is 5. The number of nitrogens with one attached hydrogen (secondary N) is 2. The molecule has 0 saturated carbocycles. The van der Waals surface area contributed by atoms with E-state index in [1.807, 2.05) is 6.92 Å². The number of benzene rings is 2. The number of sulfone groups is 1. The Morgan fingerprint density at radius 1 is 1.29 bits per heavy atom. The van der Waals surface area contributed by atoms with Crippen LogP contribution in [0.3, 0.4) is 0 Å². The SMILES string of the molecule is Cc1cc(Cl)ccc1NC(=O)[C@H](C)CS(=O)(=O)c1ccc2c(c1)NC(=O)CS2. The molecule has 0 fully saturated rings. The summed E-state index contributed by atoms with van der Waals surface area (Å²) in [5.41, 5.74) is 1.86. The molecule has 148 valence electrons. The van der Waals surface area contributed by atoms with Crippen LogP contribution >= 0.6 is 23.4 Å². The summed E-state index contributed by atoms with van der Waals surface area (Å²) >= 11 is 7.27. The molecule has 1 heterocycles. The van der Waals surface area contributed by atoms with Crippen molar-refractivity contribution in [3.63, 3.8) is 0 Å². The van der Waals surface area contributed by atoms with Crippen LogP contribution in [0.5, 0.6) is 0 Å². The maximum Gasteiger partial charge on any atom is 0.234 e. The van der Waals surface area contributed by atoms with Crippen LogP contribution in [0.1, 0.15) is 12.5 Å². The van der Waals surface area contributed by atoms with E-state index < -0.39 is 21.7 Å². The third kappa shape index (κ3) is 4.68. The number of thioether (sulfide) groups is 1. The molecule has 3 rings (SSSR count). The number of carbonyl (C=O) groups is 2. The highest BCUT2D eigenvalue weighted by Gasteiger charge is 2.25. The van der Waals surface area contributed by atoms with E-state index >= 15 is 0 Å². The van der Waals surface area contributed by atoms with Gasteiger partial charge in [-0.2, -0.15) is 0 Å². The highest BCUT2D eigenvalue weighted by Crippen LogP contribution is 2.33. The number of aryl methyl sites for hydroxylation is 1. The number of halogens is 1. The average Bonchev–Trinajstić information content (AvgIpc) is 2.62. The van der Waals surface area contributed by atoms with Crippen LogP contribution in [-0.2, 0) is 19.4 Å². The van der Waals surface area contributed by atoms with Gasteiger partial charge in [0.15, 0.2) is 9.84 Å². The summed E-state index contributed by atoms with van der Waals surface area (Å²) in [6.45, 7) is 3.37. The molecule has 0 aliphatic carbocycles. The Bertz CT molecular complexity index is 1050. The van der Waals surface area contributed by atoms with E-state index in [4.69, 9.17) is 11.6 Å². The Hall–Kier alpha value is -2.03. The number of fused-ring (bicyclic) bond motifs is 1. The Labute approximate surface area is 173 Å². The minimum Gasteiger partial charge on any atom is -0.326 e. The molecule has 9 heteroatoms. The van der Waals surface area contributed by atoms with Crippen LogP contribution in [-0.4, -0.2) is 31.7 Å². The summed E-state index contributed by atoms with van der Waals surface area (Å²) in [5, 5.41) is 5.98. The van der Waals surface area contributed by atoms with Gasteiger partial charge in [-0.15, -0.1) is 11.8 Å². The third-order valence-electron chi connectivity index (χ3n) is 4.31. The Morgan fingerprint density at radius 3 is 2.75 bits per heavy atom. The van der Waals surface area contributed by atoms with E-state index in [-0.39, 0.29) is 16.6 Å². The minimum absolute atomic E-state index is 0.0800. The summed E-state index contributed by atoms with van der Waals surface area (Å²) in [6.07, 6.45) is 0. The molecule has 0 saturated heterocycles. The van der Waals surface area contributed by atoms with Gasteiger partial charge in [0.25, 0.3) is 0 Å². The maximum absolute atomic E-state index is 12.8. The molecule has 28 heavy (non-hydrogen) atoms. The summed E-state index contributed by atoms with van der Waals surface area (Å²) in [4.78, 5) is 24.9. The fraction of sp³-hybridized carbons (Fsp3) is 0.263. The van der Waals surface area contributed by atoms with Gasteiger partial charge in [-0.1, -0.05) is 18.5 Å². The van der Waals surface area contributed by atoms with E-state index in [9.17, 15) is 18.0 Å². The van der Waals surface area contributed by atoms with E-state index in [2.05, 4.69) is 10.6 Å². The highest BCUT2D eigenvalue weighted by atomic mass is 35.5. The summed E-state index contributed by atoms with van der Waals surface area (Å²) in [7, 11) is -3.71. The van der Waals surface area contributed by atoms with E-state index in [0.29, 0.717) is 22.2 Å². The van der Waals surface area contributed by atoms with Gasteiger partial charge in [0.1, 0.15) is 0 Å². The Balaban J connectivity index is 1.73. The lowest BCUT2D eigenvalue weighted by Crippen LogP contribution is -2.27. The Kier molecular flexibility index (Phi) is 6.02. The highest BCUT2D eigenvalue weighted by molar-refractivity contribution is 8.00. The van der Waals surface area contributed by atoms with Crippen molar-refractivity contribution in [1.82, 2.24) is 0 Å². The van der Waals surface area contributed by atoms with Gasteiger partial charge >= 0.3 is 0 Å². The zero-order chi connectivity index (χ0) is 20.5. The lowest BCUT2D eigenvalue weighted by molar-refractivity contribution is -0.118. The van der Waals surface area contributed by atoms with E-state index in [1.165, 1.54) is 23.9 Å². The number of hydrogen-bond acceptors (Lipinski definition) is 5. The van der Waals surface area contributed by atoms with Crippen molar-refractivity contribution in [3.8, 4) is 0 Å². The third-order valence-corrected chi connectivity index (χ3v) is 7.53. The molecule has 0 bridgehead atoms. The molecular weight excluding hydrogens is 420 g/mol. The van der Waals surface area contributed by atoms with Crippen LogP contribution < -0.4 is 10.6 Å². The van der Waals surface area contributed by atoms with Gasteiger partial charge in [-0.25, -0.2) is 8.42 Å². The molecule has 0 aromatic heterocycles. The fourth-order valence-corrected chi connectivity index (χ4v) is 5.37. The molecule has 2 aromatic rings. The van der Waals surface area contributed by atoms with Gasteiger partial charge in [0, 0.05) is 21.5 Å². The molecule has 1 atom stereocenters. The van der Waals surface area contributed by atoms with Gasteiger partial charge < -0.3 is 10.6 Å². The first-order valence-electron chi connectivity index (χ1n) is 8.52. The molecule has 0 unspecified atom stereocenters. The first-order valence-corrected chi connectivity index (χ1v) is 11.5. The number of anilines is 2. The second-order valence-electron chi connectivity index (χ2n) is 6.63. The van der Waals surface area contributed by atoms with Crippen molar-refractivity contribution in [1.29, 1.82) is 0 Å². The number of amides is 2. The lowest BCUT2D eigenvalue weighted by Gasteiger charge is -2.18. The van der Waals surface area contributed by atoms with Crippen molar-refractivity contribution < 1.29 is 18.0 Å². The van der Waals surface area contributed by atoms with Crippen molar-refractivity contribution in [2.75, 3.05) is 22.1 Å². The smallest absolute Gasteiger partial charge is 0.234 e. The average molecular weight is 439 g/mol. The monoisotopic (exact) mass is 438 g/mol. The largest absolute Gasteiger partial charge is 0.326 e. The minimum atomic E-state index is -3.71. The molecular formula is C19H19ClN2O4S2. The second kappa shape index (κ2) is 8.14. The van der Waals surface area contributed by atoms with Crippen LogP contribution in [0.25, 0.3) is 0 Å². The van der Waals surface area contributed by atoms with Crippen molar-refractivity contribution in [2.45, 2.75) is 23.6 Å². The molecule has 2 N–H and O–H groups in total. The second-order valence-corrected chi connectivity index (χ2v) is 10.1. The molecule has 2 amide bonds. The quantitative estimate of drug-likeness (QED) is 0.741. The van der Waals surface area contributed by atoms with Crippen LogP contribution in [0, 0.1) is 12.8 Å². The van der Waals surface area contributed by atoms with Crippen LogP contribution in [0.4, 0.5) is 11.4 Å². The zero-order valence-electron chi connectivity index (χ0n) is 15.3. The van der Waals surface area contributed by atoms with Gasteiger partial charge in [-0.3, -0.25) is 9.59 Å². The Morgan fingerprint density at radius 2 is 2.04 bits per heavy atom. The summed E-state index contributed by atoms with van der Waals surface area (Å²) in [6, 6.07) is 9.69. The van der Waals surface area contributed by atoms with E-state index in [0.717, 1.165) is 10.5 Å². The topological polar surface area (TPSA) is 92.3 Å². The van der Waals surface area contributed by atoms with Crippen molar-refractivity contribution in [3.05, 3.63) is 47.0 Å². The first kappa shape index (κ1) is 20.7. The zero-order valence-corrected chi connectivity index (χ0v) is 17.7. The van der Waals surface area contributed by atoms with Gasteiger partial charge in [0.2, 0.25) is 11.8 Å². The first-order chi connectivity index (χ1) is 13.2. The predicted molar refractivity (Wildman–Crippen MR) is 112 cm³/mol. The molecule has 1 aliphatic heterocycles. The van der Waals surface area contributed by atoms with Crippen molar-refractivity contribution in [2.24, 2.45) is 5.92 Å². The summed E-state index contributed by atoms with van der Waals surface area (Å²) < 4.78 is 25.5. The lowest BCUT2D eigenvalue weighted by atomic mass is 10.1. The van der Waals surface area contributed by atoms with Crippen LogP contribution in [0.15, 0.2) is 46.2 Å². The predicted octanol–water partition coefficient (Wildman–Crippen LogP) is 3.74. The molecule has 2 aromatic carbocycles. The molecule has 0 spiro atoms. The van der Waals surface area contributed by atoms with Crippen LogP contribution in [0.2, 0.25) is 5.02 Å². The molecule has 0 radical (unpaired) electrons. The molecule has 6 nitrogen and oxygen atoms in total. The number of hydrogen-bond donors (Lipinski definition) is 2. The summed E-state index contributed by atoms with van der Waals surface area (Å²) in [5.74, 6) is -1.36. The van der Waals surface area contributed by atoms with E-state index in [1.54, 1.807) is 31.2 Å². The molecule has 1 aliphatic rings. The van der Waals surface area contributed by atoms with Gasteiger partial charge in [0.05, 0.1) is 22.1 Å². The van der Waals surface area contributed by atoms with Crippen molar-refractivity contribution >= 4 is 56.4 Å². The number of carbonyl (C=O) groups excluding carboxylic acids is 2. The standard InChI is InChI=1S/C19H19ClN2O4S2/c1-11-7-13(20)3-5-15(11)22-19(24)12(2)10-28(25,26)14-4-6-17-16(8-14)21-18(23)9-27-17/h3-8,12H,9-10H2,1-2H3,(H,21,23)(H,22,24)/t12-/m1/s1.